The van der Waals surface area contributed by atoms with Gasteiger partial charge < -0.3 is 19.1 Å². The summed E-state index contributed by atoms with van der Waals surface area (Å²) in [5, 5.41) is 12.6. The van der Waals surface area contributed by atoms with Crippen LogP contribution in [0.4, 0.5) is 0 Å². The Bertz CT molecular complexity index is 679. The average molecular weight is 282 g/mol. The van der Waals surface area contributed by atoms with Gasteiger partial charge >= 0.3 is 5.97 Å². The molecule has 0 saturated carbocycles. The molecule has 2 aromatic rings. The van der Waals surface area contributed by atoms with Gasteiger partial charge in [-0.05, 0) is 18.6 Å². The summed E-state index contributed by atoms with van der Waals surface area (Å²) in [6.07, 6.45) is 0. The van der Waals surface area contributed by atoms with Crippen molar-refractivity contribution in [3.8, 4) is 22.8 Å². The van der Waals surface area contributed by atoms with Crippen LogP contribution < -0.4 is 9.47 Å². The molecule has 0 atom stereocenters. The van der Waals surface area contributed by atoms with Crippen molar-refractivity contribution in [1.29, 1.82) is 0 Å². The second kappa shape index (κ2) is 4.17. The van der Waals surface area contributed by atoms with Crippen LogP contribution in [0.5, 0.6) is 11.5 Å². The molecule has 0 bridgehead atoms. The van der Waals surface area contributed by atoms with Crippen LogP contribution in [0.25, 0.3) is 11.3 Å². The first-order chi connectivity index (χ1) is 9.08. The van der Waals surface area contributed by atoms with E-state index >= 15 is 0 Å². The number of hydrogen-bond acceptors (Lipinski definition) is 5. The van der Waals surface area contributed by atoms with Gasteiger partial charge in [0.1, 0.15) is 0 Å². The molecule has 19 heavy (non-hydrogen) atoms. The van der Waals surface area contributed by atoms with Crippen LogP contribution in [-0.2, 0) is 0 Å². The average Bonchev–Trinajstić information content (AvgIpc) is 2.97. The molecule has 0 fully saturated rings. The number of carbonyl (C=O) groups is 1. The molecule has 1 aliphatic heterocycles. The van der Waals surface area contributed by atoms with Gasteiger partial charge in [0.2, 0.25) is 6.79 Å². The van der Waals surface area contributed by atoms with Crippen molar-refractivity contribution in [3.05, 3.63) is 28.4 Å². The lowest BCUT2D eigenvalue weighted by Crippen LogP contribution is -1.94. The number of fused-ring (bicyclic) bond motifs is 1. The number of halogens is 1. The fraction of sp³-hybridized carbons (Fsp3) is 0.167. The number of hydrogen-bond donors (Lipinski definition) is 1. The smallest absolute Gasteiger partial charge is 0.358 e. The van der Waals surface area contributed by atoms with Crippen molar-refractivity contribution in [2.45, 2.75) is 6.92 Å². The van der Waals surface area contributed by atoms with E-state index in [2.05, 4.69) is 5.16 Å². The number of benzene rings is 1. The van der Waals surface area contributed by atoms with Gasteiger partial charge in [-0.2, -0.15) is 0 Å². The number of carboxylic acids is 1. The first kappa shape index (κ1) is 11.9. The summed E-state index contributed by atoms with van der Waals surface area (Å²) in [7, 11) is 0. The van der Waals surface area contributed by atoms with Crippen LogP contribution in [-0.4, -0.2) is 23.0 Å². The molecule has 0 aliphatic carbocycles. The molecule has 7 heteroatoms. The van der Waals surface area contributed by atoms with E-state index in [0.29, 0.717) is 22.1 Å². The van der Waals surface area contributed by atoms with Gasteiger partial charge in [-0.15, -0.1) is 0 Å². The van der Waals surface area contributed by atoms with Crippen LogP contribution in [0, 0.1) is 6.92 Å². The Kier molecular flexibility index (Phi) is 2.60. The molecule has 0 amide bonds. The molecule has 6 nitrogen and oxygen atoms in total. The lowest BCUT2D eigenvalue weighted by atomic mass is 10.0. The van der Waals surface area contributed by atoms with E-state index in [0.717, 1.165) is 5.56 Å². The highest BCUT2D eigenvalue weighted by Crippen LogP contribution is 2.46. The number of aromatic carboxylic acids is 1. The number of nitrogens with zero attached hydrogens (tertiary/aromatic N) is 1. The van der Waals surface area contributed by atoms with Gasteiger partial charge in [0.05, 0.1) is 5.02 Å². The van der Waals surface area contributed by atoms with E-state index < -0.39 is 5.97 Å². The zero-order chi connectivity index (χ0) is 13.6. The number of rotatable bonds is 2. The summed E-state index contributed by atoms with van der Waals surface area (Å²) in [6, 6.07) is 3.07. The van der Waals surface area contributed by atoms with Crippen molar-refractivity contribution in [2.24, 2.45) is 0 Å². The van der Waals surface area contributed by atoms with Crippen molar-refractivity contribution in [2.75, 3.05) is 6.79 Å². The molecule has 2 heterocycles. The second-order valence-electron chi connectivity index (χ2n) is 4.00. The van der Waals surface area contributed by atoms with Crippen molar-refractivity contribution in [1.82, 2.24) is 5.16 Å². The minimum atomic E-state index is -1.16. The highest BCUT2D eigenvalue weighted by Gasteiger charge is 2.25. The number of carboxylic acid groups (broad SMARTS) is 1. The molecule has 1 aromatic heterocycles. The molecule has 0 radical (unpaired) electrons. The van der Waals surface area contributed by atoms with Gasteiger partial charge in [-0.1, -0.05) is 16.8 Å². The Morgan fingerprint density at radius 1 is 1.42 bits per heavy atom. The second-order valence-corrected chi connectivity index (χ2v) is 4.38. The molecule has 0 saturated heterocycles. The summed E-state index contributed by atoms with van der Waals surface area (Å²) in [4.78, 5) is 10.8. The predicted molar refractivity (Wildman–Crippen MR) is 64.8 cm³/mol. The molecule has 0 unspecified atom stereocenters. The lowest BCUT2D eigenvalue weighted by Gasteiger charge is -2.07. The first-order valence-corrected chi connectivity index (χ1v) is 5.75. The zero-order valence-corrected chi connectivity index (χ0v) is 10.5. The Morgan fingerprint density at radius 3 is 2.89 bits per heavy atom. The summed E-state index contributed by atoms with van der Waals surface area (Å²) in [6.45, 7) is 1.92. The summed E-state index contributed by atoms with van der Waals surface area (Å²) in [5.74, 6) is 0.0995. The quantitative estimate of drug-likeness (QED) is 0.911. The minimum Gasteiger partial charge on any atom is -0.476 e. The van der Waals surface area contributed by atoms with E-state index in [9.17, 15) is 4.79 Å². The number of aryl methyl sites for hydroxylation is 1. The van der Waals surface area contributed by atoms with Gasteiger partial charge in [-0.3, -0.25) is 0 Å². The molecule has 1 aliphatic rings. The number of aromatic nitrogens is 1. The lowest BCUT2D eigenvalue weighted by molar-refractivity contribution is 0.0686. The third-order valence-corrected chi connectivity index (χ3v) is 3.14. The SMILES string of the molecule is Cc1cc2c(c(Cl)c1-c1cc(C(=O)O)no1)OCO2. The number of ether oxygens (including phenoxy) is 2. The van der Waals surface area contributed by atoms with E-state index in [-0.39, 0.29) is 18.2 Å². The molecular formula is C12H8ClNO5. The molecule has 1 N–H and O–H groups in total. The minimum absolute atomic E-state index is 0.106. The van der Waals surface area contributed by atoms with E-state index in [4.69, 9.17) is 30.7 Å². The maximum absolute atomic E-state index is 10.8. The van der Waals surface area contributed by atoms with Crippen molar-refractivity contribution >= 4 is 17.6 Å². The summed E-state index contributed by atoms with van der Waals surface area (Å²) < 4.78 is 15.5. The van der Waals surface area contributed by atoms with Crippen LogP contribution in [0.2, 0.25) is 5.02 Å². The Balaban J connectivity index is 2.16. The van der Waals surface area contributed by atoms with Crippen LogP contribution >= 0.6 is 11.6 Å². The molecule has 3 rings (SSSR count). The normalized spacial score (nSPS) is 12.7. The Morgan fingerprint density at radius 2 is 2.21 bits per heavy atom. The molecule has 1 aromatic carbocycles. The first-order valence-electron chi connectivity index (χ1n) is 5.37. The van der Waals surface area contributed by atoms with Gasteiger partial charge in [0.15, 0.2) is 23.0 Å². The fourth-order valence-electron chi connectivity index (χ4n) is 1.92. The van der Waals surface area contributed by atoms with Crippen LogP contribution in [0.1, 0.15) is 16.1 Å². The third-order valence-electron chi connectivity index (χ3n) is 2.78. The van der Waals surface area contributed by atoms with Crippen LogP contribution in [0.3, 0.4) is 0 Å². The molecule has 0 spiro atoms. The highest BCUT2D eigenvalue weighted by atomic mass is 35.5. The van der Waals surface area contributed by atoms with E-state index in [1.54, 1.807) is 6.07 Å². The van der Waals surface area contributed by atoms with Crippen molar-refractivity contribution < 1.29 is 23.9 Å². The van der Waals surface area contributed by atoms with E-state index in [1.165, 1.54) is 6.07 Å². The van der Waals surface area contributed by atoms with Gasteiger partial charge in [-0.25, -0.2) is 4.79 Å². The Labute approximate surface area is 112 Å². The summed E-state index contributed by atoms with van der Waals surface area (Å²) in [5.41, 5.74) is 1.15. The molecule has 98 valence electrons. The monoisotopic (exact) mass is 281 g/mol. The summed E-state index contributed by atoms with van der Waals surface area (Å²) >= 11 is 6.24. The standard InChI is InChI=1S/C12H8ClNO5/c1-5-2-8-11(18-4-17-8)10(13)9(5)7-3-6(12(15)16)14-19-7/h2-3H,4H2,1H3,(H,15,16). The van der Waals surface area contributed by atoms with E-state index in [1.807, 2.05) is 6.92 Å². The largest absolute Gasteiger partial charge is 0.476 e. The molecular weight excluding hydrogens is 274 g/mol. The zero-order valence-electron chi connectivity index (χ0n) is 9.77. The van der Waals surface area contributed by atoms with Crippen molar-refractivity contribution in [3.63, 3.8) is 0 Å². The Hall–Kier alpha value is -2.21. The predicted octanol–water partition coefficient (Wildman–Crippen LogP) is 2.73. The third kappa shape index (κ3) is 1.80. The van der Waals surface area contributed by atoms with Crippen LogP contribution in [0.15, 0.2) is 16.7 Å². The topological polar surface area (TPSA) is 81.8 Å². The maximum Gasteiger partial charge on any atom is 0.358 e. The van der Waals surface area contributed by atoms with Gasteiger partial charge in [0.25, 0.3) is 0 Å². The fourth-order valence-corrected chi connectivity index (χ4v) is 2.31. The van der Waals surface area contributed by atoms with Gasteiger partial charge in [0, 0.05) is 11.6 Å². The maximum atomic E-state index is 10.8. The highest BCUT2D eigenvalue weighted by molar-refractivity contribution is 6.35.